The third kappa shape index (κ3) is 10.3. The van der Waals surface area contributed by atoms with Crippen LogP contribution in [-0.2, 0) is 17.6 Å². The molecule has 0 aliphatic carbocycles. The first-order valence-electron chi connectivity index (χ1n) is 21.6. The van der Waals surface area contributed by atoms with Crippen molar-refractivity contribution in [1.82, 2.24) is 20.2 Å². The van der Waals surface area contributed by atoms with Gasteiger partial charge in [-0.3, -0.25) is 30.2 Å². The molecule has 4 aliphatic heterocycles. The monoisotopic (exact) mass is 908 g/mol. The molecule has 3 N–H and O–H groups in total. The zero-order valence-corrected chi connectivity index (χ0v) is 37.8. The molecule has 2 aromatic heterocycles. The van der Waals surface area contributed by atoms with Crippen molar-refractivity contribution in [3.63, 3.8) is 0 Å². The molecule has 2 fully saturated rings. The van der Waals surface area contributed by atoms with Crippen LogP contribution < -0.4 is 25.4 Å². The molecule has 3 amide bonds. The van der Waals surface area contributed by atoms with E-state index in [0.717, 1.165) is 71.0 Å². The first-order chi connectivity index (χ1) is 31.5. The van der Waals surface area contributed by atoms with Gasteiger partial charge < -0.3 is 24.4 Å². The fraction of sp³-hybridized carbons (Fsp3) is 0.286. The van der Waals surface area contributed by atoms with Crippen LogP contribution in [0.5, 0.6) is 11.5 Å². The average Bonchev–Trinajstić information content (AvgIpc) is 4.15. The van der Waals surface area contributed by atoms with Crippen molar-refractivity contribution in [3.8, 4) is 11.5 Å². The van der Waals surface area contributed by atoms with Gasteiger partial charge in [-0.25, -0.2) is 14.8 Å². The fourth-order valence-electron chi connectivity index (χ4n) is 8.04. The summed E-state index contributed by atoms with van der Waals surface area (Å²) in [5.41, 5.74) is 7.63. The van der Waals surface area contributed by atoms with E-state index in [9.17, 15) is 14.4 Å². The second kappa shape index (κ2) is 19.2. The number of nitrogens with one attached hydrogen (secondary N) is 3. The Morgan fingerprint density at radius 1 is 0.692 bits per heavy atom. The minimum Gasteiger partial charge on any atom is -0.488 e. The summed E-state index contributed by atoms with van der Waals surface area (Å²) < 4.78 is 18.1. The lowest BCUT2D eigenvalue weighted by atomic mass is 10.0. The third-order valence-corrected chi connectivity index (χ3v) is 12.4. The molecule has 2 saturated heterocycles. The van der Waals surface area contributed by atoms with Crippen LogP contribution in [0.4, 0.5) is 26.4 Å². The molecule has 2 atom stereocenters. The number of nitrogens with zero attached hydrogens (tertiary/aromatic N) is 5. The zero-order valence-electron chi connectivity index (χ0n) is 36.2. The maximum absolute atomic E-state index is 12.9. The largest absolute Gasteiger partial charge is 0.488 e. The summed E-state index contributed by atoms with van der Waals surface area (Å²) in [7, 11) is 0. The van der Waals surface area contributed by atoms with Gasteiger partial charge in [0, 0.05) is 66.6 Å². The van der Waals surface area contributed by atoms with Crippen LogP contribution in [0.15, 0.2) is 118 Å². The number of fused-ring (bicyclic) bond motifs is 2. The van der Waals surface area contributed by atoms with Crippen molar-refractivity contribution in [1.29, 1.82) is 0 Å². The fourth-order valence-corrected chi connectivity index (χ4v) is 9.09. The van der Waals surface area contributed by atoms with Crippen LogP contribution in [0.3, 0.4) is 0 Å². The summed E-state index contributed by atoms with van der Waals surface area (Å²) in [5.74, 6) is 1.14. The Morgan fingerprint density at radius 3 is 1.72 bits per heavy atom. The first kappa shape index (κ1) is 43.5. The number of likely N-dealkylation sites (tertiary alicyclic amines) is 1. The standard InChI is InChI=1S/C27H28N4O4S.C22H20N4O2S/c1-27(2,3)35-26(33)31-13-11-18(16-31)34-22-10-5-4-8-19(22)21-15-17-7-6-9-20(23(17)29-21)24(32)30-25-28-12-14-36-25;27-21(26-22-24-10-11-29-22)17-6-3-4-14-12-18(25-20(14)17)16-5-1-2-7-19(16)28-15-8-9-23-13-15/h4-10,12,14,18H,11,13,15-16H2,1-3H3,(H,28,30,32);1-7,10-11,15,23H,8-9,12-13H2,(H,24,26,27). The molecule has 10 rings (SSSR count). The van der Waals surface area contributed by atoms with Gasteiger partial charge in [-0.15, -0.1) is 22.7 Å². The van der Waals surface area contributed by atoms with Crippen LogP contribution in [0.1, 0.15) is 76.6 Å². The van der Waals surface area contributed by atoms with Crippen LogP contribution >= 0.6 is 22.7 Å². The lowest BCUT2D eigenvalue weighted by Gasteiger charge is -2.24. The van der Waals surface area contributed by atoms with E-state index >= 15 is 0 Å². The maximum atomic E-state index is 12.9. The Kier molecular flexibility index (Phi) is 12.8. The summed E-state index contributed by atoms with van der Waals surface area (Å²) in [6.07, 6.45) is 6.05. The molecule has 14 nitrogen and oxygen atoms in total. The number of benzene rings is 4. The first-order valence-corrected chi connectivity index (χ1v) is 23.3. The van der Waals surface area contributed by atoms with Gasteiger partial charge in [0.05, 0.1) is 40.5 Å². The van der Waals surface area contributed by atoms with Crippen LogP contribution in [-0.4, -0.2) is 88.2 Å². The minimum atomic E-state index is -0.533. The predicted molar refractivity (Wildman–Crippen MR) is 254 cm³/mol. The number of carbonyl (C=O) groups excluding carboxylic acids is 3. The SMILES string of the molecule is CC(C)(C)OC(=O)N1CCC(Oc2ccccc2C2=Nc3c(cccc3C(=O)Nc3nccs3)C2)C1.O=C(Nc1nccs1)c1cccc2c1N=C(c1ccccc1OC1CCNC1)C2. The zero-order chi connectivity index (χ0) is 44.9. The molecule has 0 saturated carbocycles. The molecule has 0 radical (unpaired) electrons. The summed E-state index contributed by atoms with van der Waals surface area (Å²) >= 11 is 2.76. The molecule has 16 heteroatoms. The Labute approximate surface area is 384 Å². The number of ether oxygens (including phenoxy) is 3. The van der Waals surface area contributed by atoms with Gasteiger partial charge in [-0.1, -0.05) is 48.5 Å². The van der Waals surface area contributed by atoms with E-state index in [1.165, 1.54) is 22.7 Å². The van der Waals surface area contributed by atoms with Crippen molar-refractivity contribution in [3.05, 3.63) is 141 Å². The van der Waals surface area contributed by atoms with E-state index in [0.29, 0.717) is 58.8 Å². The Bertz CT molecular complexity index is 2760. The molecule has 332 valence electrons. The minimum absolute atomic E-state index is 0.136. The number of aliphatic imine (C=N–C) groups is 2. The van der Waals surface area contributed by atoms with Crippen LogP contribution in [0.25, 0.3) is 0 Å². The van der Waals surface area contributed by atoms with Crippen molar-refractivity contribution >= 4 is 73.6 Å². The van der Waals surface area contributed by atoms with Gasteiger partial charge in [0.1, 0.15) is 29.3 Å². The van der Waals surface area contributed by atoms with Gasteiger partial charge >= 0.3 is 6.09 Å². The quantitative estimate of drug-likeness (QED) is 0.121. The number of para-hydroxylation sites is 4. The number of aromatic nitrogens is 2. The van der Waals surface area contributed by atoms with Crippen LogP contribution in [0, 0.1) is 0 Å². The predicted octanol–water partition coefficient (Wildman–Crippen LogP) is 9.27. The molecular weight excluding hydrogens is 861 g/mol. The summed E-state index contributed by atoms with van der Waals surface area (Å²) in [4.78, 5) is 57.8. The number of carbonyl (C=O) groups is 3. The van der Waals surface area contributed by atoms with E-state index in [1.54, 1.807) is 29.4 Å². The van der Waals surface area contributed by atoms with Crippen molar-refractivity contribution < 1.29 is 28.6 Å². The van der Waals surface area contributed by atoms with Gasteiger partial charge in [-0.05, 0) is 81.3 Å². The number of anilines is 2. The summed E-state index contributed by atoms with van der Waals surface area (Å²) in [6, 6.07) is 27.2. The van der Waals surface area contributed by atoms with Crippen molar-refractivity contribution in [2.24, 2.45) is 9.98 Å². The molecular formula is C49H48N8O6S2. The lowest BCUT2D eigenvalue weighted by Crippen LogP contribution is -2.36. The molecule has 0 spiro atoms. The lowest BCUT2D eigenvalue weighted by molar-refractivity contribution is 0.0275. The van der Waals surface area contributed by atoms with E-state index < -0.39 is 5.60 Å². The molecule has 4 aliphatic rings. The third-order valence-electron chi connectivity index (χ3n) is 11.0. The molecule has 4 aromatic carbocycles. The maximum Gasteiger partial charge on any atom is 0.410 e. The highest BCUT2D eigenvalue weighted by Gasteiger charge is 2.32. The number of hydrogen-bond donors (Lipinski definition) is 3. The topological polar surface area (TPSA) is 169 Å². The number of rotatable bonds is 10. The summed E-state index contributed by atoms with van der Waals surface area (Å²) in [5, 5.41) is 13.8. The molecule has 2 unspecified atom stereocenters. The second-order valence-corrected chi connectivity index (χ2v) is 18.6. The van der Waals surface area contributed by atoms with Crippen LogP contribution in [0.2, 0.25) is 0 Å². The average molecular weight is 909 g/mol. The molecule has 6 aromatic rings. The normalized spacial score (nSPS) is 17.2. The molecule has 6 heterocycles. The van der Waals surface area contributed by atoms with E-state index in [4.69, 9.17) is 24.2 Å². The van der Waals surface area contributed by atoms with Gasteiger partial charge in [-0.2, -0.15) is 0 Å². The number of amides is 3. The smallest absolute Gasteiger partial charge is 0.410 e. The second-order valence-electron chi connectivity index (χ2n) is 16.9. The Hall–Kier alpha value is -6.75. The number of thiazole rings is 2. The van der Waals surface area contributed by atoms with E-state index in [1.807, 2.05) is 104 Å². The highest BCUT2D eigenvalue weighted by atomic mass is 32.1. The van der Waals surface area contributed by atoms with Gasteiger partial charge in [0.2, 0.25) is 0 Å². The van der Waals surface area contributed by atoms with Gasteiger partial charge in [0.25, 0.3) is 11.8 Å². The van der Waals surface area contributed by atoms with Gasteiger partial charge in [0.15, 0.2) is 10.3 Å². The van der Waals surface area contributed by atoms with E-state index in [2.05, 4.69) is 25.9 Å². The number of hydrogen-bond acceptors (Lipinski definition) is 13. The molecule has 0 bridgehead atoms. The summed E-state index contributed by atoms with van der Waals surface area (Å²) in [6.45, 7) is 8.49. The van der Waals surface area contributed by atoms with Crippen molar-refractivity contribution in [2.45, 2.75) is 64.3 Å². The highest BCUT2D eigenvalue weighted by Crippen LogP contribution is 2.37. The highest BCUT2D eigenvalue weighted by molar-refractivity contribution is 7.14. The Balaban J connectivity index is 0.000000168. The Morgan fingerprint density at radius 2 is 1.23 bits per heavy atom. The van der Waals surface area contributed by atoms with E-state index in [-0.39, 0.29) is 30.1 Å². The molecule has 65 heavy (non-hydrogen) atoms. The van der Waals surface area contributed by atoms with Crippen molar-refractivity contribution in [2.75, 3.05) is 36.8 Å².